The van der Waals surface area contributed by atoms with Crippen LogP contribution >= 0.6 is 0 Å². The fraction of sp³-hybridized carbons (Fsp3) is 0.333. The zero-order valence-electron chi connectivity index (χ0n) is 10.3. The van der Waals surface area contributed by atoms with Gasteiger partial charge in [-0.3, -0.25) is 0 Å². The second-order valence-electron chi connectivity index (χ2n) is 3.48. The number of nitrogens with zero attached hydrogens (tertiary/aromatic N) is 1. The number of aryl methyl sites for hydroxylation is 1. The Morgan fingerprint density at radius 3 is 2.59 bits per heavy atom. The Balaban J connectivity index is 0.00000256. The number of hydrogen-bond acceptors (Lipinski definition) is 4. The normalized spacial score (nSPS) is 10.5. The van der Waals surface area contributed by atoms with E-state index >= 15 is 0 Å². The molecule has 0 atom stereocenters. The van der Waals surface area contributed by atoms with Crippen LogP contribution in [-0.2, 0) is 11.2 Å². The second kappa shape index (κ2) is 9.22. The molecular weight excluding hydrogens is 227 g/mol. The Bertz CT molecular complexity index is 366. The first-order chi connectivity index (χ1) is 7.70. The van der Waals surface area contributed by atoms with Crippen LogP contribution in [0.1, 0.15) is 18.9 Å². The van der Waals surface area contributed by atoms with Crippen molar-refractivity contribution in [3.8, 4) is 0 Å². The molecule has 0 spiro atoms. The molecule has 4 nitrogen and oxygen atoms in total. The summed E-state index contributed by atoms with van der Waals surface area (Å²) in [5.74, 6) is -1.24. The molecule has 0 saturated carbocycles. The Labute approximate surface area is 123 Å². The van der Waals surface area contributed by atoms with Crippen LogP contribution < -0.4 is 40.1 Å². The predicted octanol–water partition coefficient (Wildman–Crippen LogP) is -2.66. The molecule has 86 valence electrons. The Hall–Kier alpha value is -0.840. The van der Waals surface area contributed by atoms with Crippen LogP contribution in [0.3, 0.4) is 0 Å². The summed E-state index contributed by atoms with van der Waals surface area (Å²) in [5.41, 5.74) is 3.94. The molecule has 0 fully saturated rings. The van der Waals surface area contributed by atoms with Gasteiger partial charge in [0.2, 0.25) is 0 Å². The molecule has 0 aliphatic carbocycles. The van der Waals surface area contributed by atoms with Crippen molar-refractivity contribution in [2.75, 3.05) is 6.54 Å². The number of aliphatic carboxylic acids is 1. The van der Waals surface area contributed by atoms with Gasteiger partial charge in [-0.15, -0.1) is 0 Å². The monoisotopic (exact) mass is 242 g/mol. The van der Waals surface area contributed by atoms with Gasteiger partial charge in [-0.05, 0) is 25.3 Å². The third-order valence-electron chi connectivity index (χ3n) is 2.14. The van der Waals surface area contributed by atoms with Crippen molar-refractivity contribution in [1.82, 2.24) is 5.43 Å². The number of nitrogens with one attached hydrogen (secondary N) is 1. The Morgan fingerprint density at radius 1 is 1.35 bits per heavy atom. The van der Waals surface area contributed by atoms with Crippen molar-refractivity contribution < 1.29 is 39.5 Å². The molecule has 1 aromatic carbocycles. The van der Waals surface area contributed by atoms with E-state index in [9.17, 15) is 9.90 Å². The molecule has 5 heteroatoms. The number of benzene rings is 1. The van der Waals surface area contributed by atoms with Crippen LogP contribution in [0.4, 0.5) is 0 Å². The van der Waals surface area contributed by atoms with Crippen LogP contribution in [0.5, 0.6) is 0 Å². The summed E-state index contributed by atoms with van der Waals surface area (Å²) in [5, 5.41) is 14.0. The first-order valence-electron chi connectivity index (χ1n) is 5.22. The summed E-state index contributed by atoms with van der Waals surface area (Å²) >= 11 is 0. The average Bonchev–Trinajstić information content (AvgIpc) is 2.29. The van der Waals surface area contributed by atoms with Crippen LogP contribution in [0, 0.1) is 0 Å². The van der Waals surface area contributed by atoms with E-state index in [0.29, 0.717) is 6.54 Å². The molecule has 0 amide bonds. The molecule has 1 N–H and O–H groups in total. The predicted molar refractivity (Wildman–Crippen MR) is 60.9 cm³/mol. The fourth-order valence-corrected chi connectivity index (χ4v) is 1.24. The quantitative estimate of drug-likeness (QED) is 0.256. The maximum atomic E-state index is 10.3. The molecule has 0 saturated heterocycles. The Kier molecular flexibility index (Phi) is 8.76. The van der Waals surface area contributed by atoms with Crippen molar-refractivity contribution in [2.45, 2.75) is 19.8 Å². The van der Waals surface area contributed by atoms with Gasteiger partial charge in [0.15, 0.2) is 0 Å². The summed E-state index contributed by atoms with van der Waals surface area (Å²) in [6.07, 6.45) is 1.86. The molecule has 0 radical (unpaired) electrons. The summed E-state index contributed by atoms with van der Waals surface area (Å²) in [4.78, 5) is 10.3. The summed E-state index contributed by atoms with van der Waals surface area (Å²) in [6, 6.07) is 10.1. The number of carboxylic acid groups (broad SMARTS) is 1. The smallest absolute Gasteiger partial charge is 0.543 e. The van der Waals surface area contributed by atoms with Crippen LogP contribution in [0.2, 0.25) is 0 Å². The molecule has 0 unspecified atom stereocenters. The van der Waals surface area contributed by atoms with Crippen molar-refractivity contribution in [1.29, 1.82) is 0 Å². The maximum Gasteiger partial charge on any atom is 1.00 e. The van der Waals surface area contributed by atoms with E-state index < -0.39 is 5.97 Å². The Morgan fingerprint density at radius 2 is 2.00 bits per heavy atom. The van der Waals surface area contributed by atoms with E-state index in [-0.39, 0.29) is 35.3 Å². The minimum absolute atomic E-state index is 0. The van der Waals surface area contributed by atoms with E-state index in [1.54, 1.807) is 0 Å². The SMILES string of the molecule is C/C(=N\NCCCc1ccccc1)C(=O)[O-].[Na+]. The van der Waals surface area contributed by atoms with Gasteiger partial charge in [0.25, 0.3) is 0 Å². The molecule has 17 heavy (non-hydrogen) atoms. The summed E-state index contributed by atoms with van der Waals surface area (Å²) in [7, 11) is 0. The second-order valence-corrected chi connectivity index (χ2v) is 3.48. The number of carbonyl (C=O) groups is 1. The molecule has 1 rings (SSSR count). The van der Waals surface area contributed by atoms with Gasteiger partial charge in [-0.1, -0.05) is 30.3 Å². The fourth-order valence-electron chi connectivity index (χ4n) is 1.24. The van der Waals surface area contributed by atoms with Crippen LogP contribution in [0.25, 0.3) is 0 Å². The number of rotatable bonds is 6. The van der Waals surface area contributed by atoms with Crippen LogP contribution in [-0.4, -0.2) is 18.2 Å². The maximum absolute atomic E-state index is 10.3. The first-order valence-corrected chi connectivity index (χ1v) is 5.22. The molecule has 1 aromatic rings. The van der Waals surface area contributed by atoms with Gasteiger partial charge >= 0.3 is 29.6 Å². The van der Waals surface area contributed by atoms with E-state index in [1.807, 2.05) is 18.2 Å². The number of carboxylic acids is 1. The number of carbonyl (C=O) groups excluding carboxylic acids is 1. The zero-order chi connectivity index (χ0) is 11.8. The van der Waals surface area contributed by atoms with Gasteiger partial charge in [-0.2, -0.15) is 5.10 Å². The van der Waals surface area contributed by atoms with E-state index in [4.69, 9.17) is 0 Å². The van der Waals surface area contributed by atoms with E-state index in [2.05, 4.69) is 22.7 Å². The molecule has 0 aliphatic rings. The summed E-state index contributed by atoms with van der Waals surface area (Å²) in [6.45, 7) is 2.05. The molecule has 0 heterocycles. The molecule has 0 aromatic heterocycles. The van der Waals surface area contributed by atoms with E-state index in [1.165, 1.54) is 12.5 Å². The van der Waals surface area contributed by atoms with Crippen molar-refractivity contribution in [2.24, 2.45) is 5.10 Å². The summed E-state index contributed by atoms with van der Waals surface area (Å²) < 4.78 is 0. The zero-order valence-corrected chi connectivity index (χ0v) is 12.3. The van der Waals surface area contributed by atoms with Gasteiger partial charge in [0.1, 0.15) is 0 Å². The van der Waals surface area contributed by atoms with Crippen LogP contribution in [0.15, 0.2) is 35.4 Å². The van der Waals surface area contributed by atoms with Crippen molar-refractivity contribution in [3.63, 3.8) is 0 Å². The average molecular weight is 242 g/mol. The minimum Gasteiger partial charge on any atom is -0.543 e. The van der Waals surface area contributed by atoms with Gasteiger partial charge in [-0.25, -0.2) is 0 Å². The molecular formula is C12H15N2NaO2. The van der Waals surface area contributed by atoms with Gasteiger partial charge in [0, 0.05) is 6.54 Å². The van der Waals surface area contributed by atoms with Gasteiger partial charge < -0.3 is 15.3 Å². The van der Waals surface area contributed by atoms with Gasteiger partial charge in [0.05, 0.1) is 11.7 Å². The minimum atomic E-state index is -1.24. The standard InChI is InChI=1S/C12H16N2O2.Na/c1-10(12(15)16)14-13-9-5-8-11-6-3-2-4-7-11;/h2-4,6-7,13H,5,8-9H2,1H3,(H,15,16);/q;+1/p-1/b14-10+;. The third-order valence-corrected chi connectivity index (χ3v) is 2.14. The van der Waals surface area contributed by atoms with Crippen molar-refractivity contribution >= 4 is 11.7 Å². The van der Waals surface area contributed by atoms with Crippen molar-refractivity contribution in [3.05, 3.63) is 35.9 Å². The number of hydrogen-bond donors (Lipinski definition) is 1. The van der Waals surface area contributed by atoms with E-state index in [0.717, 1.165) is 12.8 Å². The number of hydrazone groups is 1. The molecule has 0 aliphatic heterocycles. The first kappa shape index (κ1) is 16.2. The topological polar surface area (TPSA) is 64.5 Å². The largest absolute Gasteiger partial charge is 1.00 e. The molecule has 0 bridgehead atoms. The third kappa shape index (κ3) is 7.15.